The molecule has 0 aliphatic rings. The van der Waals surface area contributed by atoms with Gasteiger partial charge in [-0.05, 0) is 25.9 Å². The molecule has 0 rings (SSSR count). The molecule has 0 aromatic heterocycles. The van der Waals surface area contributed by atoms with Gasteiger partial charge >= 0.3 is 0 Å². The van der Waals surface area contributed by atoms with Crippen LogP contribution < -0.4 is 5.32 Å². The Hall–Kier alpha value is -0.120. The van der Waals surface area contributed by atoms with Crippen LogP contribution in [0, 0.1) is 5.92 Å². The van der Waals surface area contributed by atoms with Crippen LogP contribution in [0.3, 0.4) is 0 Å². The van der Waals surface area contributed by atoms with Crippen molar-refractivity contribution in [1.82, 2.24) is 10.2 Å². The first kappa shape index (κ1) is 13.9. The molecule has 0 fully saturated rings. The van der Waals surface area contributed by atoms with E-state index < -0.39 is 0 Å². The Morgan fingerprint density at radius 2 is 1.93 bits per heavy atom. The highest BCUT2D eigenvalue weighted by molar-refractivity contribution is 4.69. The number of aliphatic hydroxyl groups excluding tert-OH is 1. The van der Waals surface area contributed by atoms with E-state index in [9.17, 15) is 0 Å². The van der Waals surface area contributed by atoms with E-state index in [1.165, 1.54) is 0 Å². The van der Waals surface area contributed by atoms with Crippen LogP contribution in [-0.2, 0) is 0 Å². The van der Waals surface area contributed by atoms with Crippen LogP contribution in [0.2, 0.25) is 0 Å². The molecule has 0 spiro atoms. The van der Waals surface area contributed by atoms with Crippen molar-refractivity contribution in [3.8, 4) is 0 Å². The molecule has 0 saturated carbocycles. The first-order chi connectivity index (χ1) is 6.60. The fourth-order valence-corrected chi connectivity index (χ4v) is 1.61. The fourth-order valence-electron chi connectivity index (χ4n) is 1.61. The predicted octanol–water partition coefficient (Wildman–Crippen LogP) is 0.935. The van der Waals surface area contributed by atoms with Gasteiger partial charge in [0.1, 0.15) is 0 Å². The Balaban J connectivity index is 3.68. The van der Waals surface area contributed by atoms with Gasteiger partial charge in [-0.15, -0.1) is 0 Å². The number of hydrogen-bond donors (Lipinski definition) is 2. The van der Waals surface area contributed by atoms with Crippen molar-refractivity contribution in [2.24, 2.45) is 5.92 Å². The van der Waals surface area contributed by atoms with Crippen LogP contribution in [0.25, 0.3) is 0 Å². The van der Waals surface area contributed by atoms with E-state index in [4.69, 9.17) is 5.11 Å². The van der Waals surface area contributed by atoms with Crippen LogP contribution in [-0.4, -0.2) is 49.3 Å². The first-order valence-corrected chi connectivity index (χ1v) is 5.62. The molecule has 0 radical (unpaired) electrons. The summed E-state index contributed by atoms with van der Waals surface area (Å²) in [5.41, 5.74) is 0. The second kappa shape index (κ2) is 8.21. The summed E-state index contributed by atoms with van der Waals surface area (Å²) in [4.78, 5) is 2.27. The molecular formula is C11H26N2O. The highest BCUT2D eigenvalue weighted by Gasteiger charge is 2.10. The summed E-state index contributed by atoms with van der Waals surface area (Å²) in [5, 5.41) is 12.5. The average molecular weight is 202 g/mol. The minimum Gasteiger partial charge on any atom is -0.395 e. The van der Waals surface area contributed by atoms with E-state index in [0.717, 1.165) is 26.1 Å². The van der Waals surface area contributed by atoms with Crippen molar-refractivity contribution in [3.63, 3.8) is 0 Å². The third-order valence-corrected chi connectivity index (χ3v) is 2.11. The Labute approximate surface area is 88.5 Å². The summed E-state index contributed by atoms with van der Waals surface area (Å²) in [5.74, 6) is 0.686. The van der Waals surface area contributed by atoms with Crippen molar-refractivity contribution in [2.45, 2.75) is 33.2 Å². The van der Waals surface area contributed by atoms with Crippen LogP contribution in [0.4, 0.5) is 0 Å². The largest absolute Gasteiger partial charge is 0.395 e. The molecular weight excluding hydrogens is 176 g/mol. The molecule has 1 unspecified atom stereocenters. The third kappa shape index (κ3) is 7.30. The molecule has 86 valence electrons. The molecule has 3 heteroatoms. The smallest absolute Gasteiger partial charge is 0.0597 e. The van der Waals surface area contributed by atoms with Gasteiger partial charge in [-0.1, -0.05) is 20.8 Å². The molecule has 0 heterocycles. The van der Waals surface area contributed by atoms with E-state index in [1.54, 1.807) is 0 Å². The van der Waals surface area contributed by atoms with Gasteiger partial charge in [0.05, 0.1) is 6.61 Å². The lowest BCUT2D eigenvalue weighted by Gasteiger charge is -2.24. The molecule has 0 saturated heterocycles. The van der Waals surface area contributed by atoms with Crippen LogP contribution in [0.1, 0.15) is 27.2 Å². The minimum atomic E-state index is 0.221. The monoisotopic (exact) mass is 202 g/mol. The summed E-state index contributed by atoms with van der Waals surface area (Å²) in [6.45, 7) is 9.79. The van der Waals surface area contributed by atoms with E-state index >= 15 is 0 Å². The molecule has 14 heavy (non-hydrogen) atoms. The maximum absolute atomic E-state index is 9.15. The molecule has 1 atom stereocenters. The summed E-state index contributed by atoms with van der Waals surface area (Å²) in [7, 11) is 2.11. The van der Waals surface area contributed by atoms with Gasteiger partial charge in [-0.2, -0.15) is 0 Å². The number of aliphatic hydroxyl groups is 1. The topological polar surface area (TPSA) is 35.5 Å². The number of nitrogens with one attached hydrogen (secondary N) is 1. The molecule has 0 aromatic rings. The number of nitrogens with zero attached hydrogens (tertiary/aromatic N) is 1. The maximum atomic E-state index is 9.15. The first-order valence-electron chi connectivity index (χ1n) is 5.62. The van der Waals surface area contributed by atoms with Crippen molar-refractivity contribution >= 4 is 0 Å². The van der Waals surface area contributed by atoms with Crippen LogP contribution in [0.15, 0.2) is 0 Å². The highest BCUT2D eigenvalue weighted by atomic mass is 16.3. The number of hydrogen-bond acceptors (Lipinski definition) is 3. The quantitative estimate of drug-likeness (QED) is 0.615. The van der Waals surface area contributed by atoms with Gasteiger partial charge in [-0.3, -0.25) is 0 Å². The van der Waals surface area contributed by atoms with E-state index in [2.05, 4.69) is 38.0 Å². The van der Waals surface area contributed by atoms with Crippen molar-refractivity contribution in [3.05, 3.63) is 0 Å². The molecule has 0 bridgehead atoms. The van der Waals surface area contributed by atoms with Crippen molar-refractivity contribution in [1.29, 1.82) is 0 Å². The van der Waals surface area contributed by atoms with Gasteiger partial charge in [-0.25, -0.2) is 0 Å². The maximum Gasteiger partial charge on any atom is 0.0597 e. The lowest BCUT2D eigenvalue weighted by molar-refractivity contribution is 0.190. The van der Waals surface area contributed by atoms with Crippen LogP contribution in [0.5, 0.6) is 0 Å². The molecule has 0 amide bonds. The second-order valence-corrected chi connectivity index (χ2v) is 4.45. The Kier molecular flexibility index (Phi) is 8.14. The summed E-state index contributed by atoms with van der Waals surface area (Å²) in [6, 6.07) is 0.221. The predicted molar refractivity (Wildman–Crippen MR) is 61.5 cm³/mol. The highest BCUT2D eigenvalue weighted by Crippen LogP contribution is 1.97. The van der Waals surface area contributed by atoms with Crippen molar-refractivity contribution in [2.75, 3.05) is 33.3 Å². The molecule has 0 aliphatic carbocycles. The van der Waals surface area contributed by atoms with Gasteiger partial charge in [0.25, 0.3) is 0 Å². The Morgan fingerprint density at radius 1 is 1.29 bits per heavy atom. The van der Waals surface area contributed by atoms with E-state index in [1.807, 2.05) is 0 Å². The average Bonchev–Trinajstić information content (AvgIpc) is 2.10. The number of rotatable bonds is 8. The summed E-state index contributed by atoms with van der Waals surface area (Å²) in [6.07, 6.45) is 1.12. The molecule has 3 nitrogen and oxygen atoms in total. The molecule has 2 N–H and O–H groups in total. The van der Waals surface area contributed by atoms with Crippen molar-refractivity contribution < 1.29 is 5.11 Å². The second-order valence-electron chi connectivity index (χ2n) is 4.45. The Morgan fingerprint density at radius 3 is 2.36 bits per heavy atom. The third-order valence-electron chi connectivity index (χ3n) is 2.11. The summed E-state index contributed by atoms with van der Waals surface area (Å²) >= 11 is 0. The minimum absolute atomic E-state index is 0.221. The Bertz CT molecular complexity index is 128. The normalized spacial score (nSPS) is 13.9. The summed E-state index contributed by atoms with van der Waals surface area (Å²) < 4.78 is 0. The lowest BCUT2D eigenvalue weighted by Crippen LogP contribution is -2.43. The zero-order chi connectivity index (χ0) is 11.0. The van der Waals surface area contributed by atoms with Gasteiger partial charge in [0, 0.05) is 19.1 Å². The standard InChI is InChI=1S/C11H26N2O/c1-5-6-12-11(9-14)8-13(4)7-10(2)3/h10-12,14H,5-9H2,1-4H3. The lowest BCUT2D eigenvalue weighted by atomic mass is 10.2. The SMILES string of the molecule is CCCNC(CO)CN(C)CC(C)C. The van der Waals surface area contributed by atoms with E-state index in [0.29, 0.717) is 5.92 Å². The number of likely N-dealkylation sites (N-methyl/N-ethyl adjacent to an activating group) is 1. The van der Waals surface area contributed by atoms with E-state index in [-0.39, 0.29) is 12.6 Å². The van der Waals surface area contributed by atoms with Gasteiger partial charge in [0.2, 0.25) is 0 Å². The molecule has 0 aromatic carbocycles. The van der Waals surface area contributed by atoms with Gasteiger partial charge in [0.15, 0.2) is 0 Å². The van der Waals surface area contributed by atoms with Crippen LogP contribution >= 0.6 is 0 Å². The zero-order valence-corrected chi connectivity index (χ0v) is 10.1. The van der Waals surface area contributed by atoms with Gasteiger partial charge < -0.3 is 15.3 Å². The zero-order valence-electron chi connectivity index (χ0n) is 10.1. The molecule has 0 aliphatic heterocycles. The fraction of sp³-hybridized carbons (Fsp3) is 1.00.